The lowest BCUT2D eigenvalue weighted by Gasteiger charge is -2.20. The van der Waals surface area contributed by atoms with Crippen LogP contribution in [-0.2, 0) is 10.4 Å². The molecule has 2 N–H and O–H groups in total. The predicted molar refractivity (Wildman–Crippen MR) is 98.6 cm³/mol. The van der Waals surface area contributed by atoms with Crippen molar-refractivity contribution in [1.82, 2.24) is 9.97 Å². The van der Waals surface area contributed by atoms with E-state index in [9.17, 15) is 15.1 Å². The molecule has 3 rings (SSSR count). The van der Waals surface area contributed by atoms with Gasteiger partial charge in [-0.25, -0.2) is 9.97 Å². The molecule has 0 fully saturated rings. The molecule has 1 atom stereocenters. The summed E-state index contributed by atoms with van der Waals surface area (Å²) in [6.45, 7) is 4.77. The topological polar surface area (TPSA) is 98.9 Å². The van der Waals surface area contributed by atoms with Gasteiger partial charge in [0.25, 0.3) is 5.91 Å². The molecule has 0 aliphatic carbocycles. The summed E-state index contributed by atoms with van der Waals surface area (Å²) in [4.78, 5) is 22.9. The van der Waals surface area contributed by atoms with Crippen molar-refractivity contribution >= 4 is 46.3 Å². The minimum Gasteiger partial charge on any atom is -0.411 e. The minimum absolute atomic E-state index is 0.175. The van der Waals surface area contributed by atoms with E-state index in [1.54, 1.807) is 26.0 Å². The minimum atomic E-state index is -1.91. The van der Waals surface area contributed by atoms with Crippen LogP contribution in [0.1, 0.15) is 37.4 Å². The van der Waals surface area contributed by atoms with Crippen molar-refractivity contribution in [2.45, 2.75) is 32.8 Å². The molecule has 1 aromatic heterocycles. The summed E-state index contributed by atoms with van der Waals surface area (Å²) in [5, 5.41) is 24.1. The molecule has 1 aliphatic heterocycles. The van der Waals surface area contributed by atoms with Crippen LogP contribution < -0.4 is 4.90 Å². The highest BCUT2D eigenvalue weighted by atomic mass is 35.5. The number of fused-ring (bicyclic) bond motifs is 1. The smallest absolute Gasteiger partial charge is 0.269 e. The van der Waals surface area contributed by atoms with Gasteiger partial charge in [-0.3, -0.25) is 9.69 Å². The van der Waals surface area contributed by atoms with Gasteiger partial charge in [-0.15, -0.1) is 0 Å². The summed E-state index contributed by atoms with van der Waals surface area (Å²) in [6.07, 6.45) is 0.353. The second-order valence-electron chi connectivity index (χ2n) is 6.03. The monoisotopic (exact) mass is 394 g/mol. The second-order valence-corrected chi connectivity index (χ2v) is 6.87. The van der Waals surface area contributed by atoms with Crippen LogP contribution in [-0.4, -0.2) is 31.9 Å². The van der Waals surface area contributed by atoms with Crippen molar-refractivity contribution in [2.24, 2.45) is 5.16 Å². The van der Waals surface area contributed by atoms with Gasteiger partial charge in [-0.2, -0.15) is 0 Å². The summed E-state index contributed by atoms with van der Waals surface area (Å²) in [6, 6.07) is 4.66. The van der Waals surface area contributed by atoms with Crippen molar-refractivity contribution in [3.8, 4) is 0 Å². The molecule has 1 aromatic carbocycles. The average molecular weight is 395 g/mol. The molecule has 7 nitrogen and oxygen atoms in total. The normalized spacial score (nSPS) is 19.8. The molecule has 0 bridgehead atoms. The average Bonchev–Trinajstić information content (AvgIpc) is 2.76. The molecule has 1 amide bonds. The largest absolute Gasteiger partial charge is 0.411 e. The Bertz CT molecular complexity index is 944. The number of nitrogens with zero attached hydrogens (tertiary/aromatic N) is 4. The maximum atomic E-state index is 13.0. The van der Waals surface area contributed by atoms with Crippen molar-refractivity contribution in [3.05, 3.63) is 45.3 Å². The van der Waals surface area contributed by atoms with Crippen LogP contribution in [0.3, 0.4) is 0 Å². The fourth-order valence-electron chi connectivity index (χ4n) is 2.97. The van der Waals surface area contributed by atoms with Crippen molar-refractivity contribution in [3.63, 3.8) is 0 Å². The molecule has 2 heterocycles. The number of aryl methyl sites for hydroxylation is 1. The number of carbonyl (C=O) groups is 1. The number of hydrogen-bond donors (Lipinski definition) is 2. The second kappa shape index (κ2) is 6.50. The Kier molecular flexibility index (Phi) is 4.64. The van der Waals surface area contributed by atoms with E-state index in [-0.39, 0.29) is 27.8 Å². The standard InChI is InChI=1S/C17H16Cl2N4O3/c1-4-11(22-26)14-13-15(21-8(2)20-14)23(16(24)17(13,3)25)12-6-5-9(18)7-10(12)19/h5-7,25-26H,4H2,1-3H3/b22-11-. The van der Waals surface area contributed by atoms with E-state index in [1.165, 1.54) is 17.9 Å². The fourth-order valence-corrected chi connectivity index (χ4v) is 3.46. The molecule has 1 unspecified atom stereocenters. The van der Waals surface area contributed by atoms with E-state index in [0.717, 1.165) is 0 Å². The van der Waals surface area contributed by atoms with Gasteiger partial charge in [0.1, 0.15) is 17.2 Å². The van der Waals surface area contributed by atoms with E-state index in [0.29, 0.717) is 23.0 Å². The van der Waals surface area contributed by atoms with Crippen LogP contribution in [0.5, 0.6) is 0 Å². The summed E-state index contributed by atoms with van der Waals surface area (Å²) in [5.74, 6) is -0.0819. The molecule has 1 aliphatic rings. The highest BCUT2D eigenvalue weighted by molar-refractivity contribution is 6.37. The van der Waals surface area contributed by atoms with Gasteiger partial charge < -0.3 is 10.3 Å². The fraction of sp³-hybridized carbons (Fsp3) is 0.294. The van der Waals surface area contributed by atoms with Crippen LogP contribution in [0, 0.1) is 6.92 Å². The first-order valence-electron chi connectivity index (χ1n) is 7.84. The van der Waals surface area contributed by atoms with Gasteiger partial charge in [-0.05, 0) is 38.5 Å². The lowest BCUT2D eigenvalue weighted by atomic mass is 9.95. The molecule has 0 saturated heterocycles. The lowest BCUT2D eigenvalue weighted by molar-refractivity contribution is -0.133. The third-order valence-electron chi connectivity index (χ3n) is 4.20. The SMILES string of the molecule is CC/C(=N/O)c1nc(C)nc2c1C(C)(O)C(=O)N2c1ccc(Cl)cc1Cl. The molecule has 0 spiro atoms. The zero-order valence-electron chi connectivity index (χ0n) is 14.3. The van der Waals surface area contributed by atoms with Gasteiger partial charge in [-0.1, -0.05) is 35.3 Å². The van der Waals surface area contributed by atoms with E-state index in [2.05, 4.69) is 15.1 Å². The van der Waals surface area contributed by atoms with Crippen LogP contribution in [0.25, 0.3) is 0 Å². The molecule has 2 aromatic rings. The number of benzene rings is 1. The molecule has 0 saturated carbocycles. The molecule has 26 heavy (non-hydrogen) atoms. The Morgan fingerprint density at radius 3 is 2.62 bits per heavy atom. The first-order chi connectivity index (χ1) is 12.2. The molecular formula is C17H16Cl2N4O3. The number of aromatic nitrogens is 2. The number of carbonyl (C=O) groups excluding carboxylic acids is 1. The van der Waals surface area contributed by atoms with Gasteiger partial charge >= 0.3 is 0 Å². The predicted octanol–water partition coefficient (Wildman–Crippen LogP) is 3.57. The third-order valence-corrected chi connectivity index (χ3v) is 4.74. The number of hydrogen-bond acceptors (Lipinski definition) is 6. The Balaban J connectivity index is 2.34. The Hall–Kier alpha value is -2.22. The number of rotatable bonds is 3. The van der Waals surface area contributed by atoms with E-state index < -0.39 is 11.5 Å². The zero-order chi connectivity index (χ0) is 19.2. The third kappa shape index (κ3) is 2.72. The van der Waals surface area contributed by atoms with Crippen molar-refractivity contribution < 1.29 is 15.1 Å². The molecule has 9 heteroatoms. The van der Waals surface area contributed by atoms with E-state index >= 15 is 0 Å². The molecule has 0 radical (unpaired) electrons. The zero-order valence-corrected chi connectivity index (χ0v) is 15.8. The summed E-state index contributed by atoms with van der Waals surface area (Å²) in [7, 11) is 0. The Morgan fingerprint density at radius 2 is 2.04 bits per heavy atom. The van der Waals surface area contributed by atoms with Crippen molar-refractivity contribution in [2.75, 3.05) is 4.90 Å². The maximum Gasteiger partial charge on any atom is 0.269 e. The number of anilines is 2. The number of halogens is 2. The van der Waals surface area contributed by atoms with Crippen LogP contribution in [0.15, 0.2) is 23.4 Å². The highest BCUT2D eigenvalue weighted by Gasteiger charge is 2.51. The first-order valence-corrected chi connectivity index (χ1v) is 8.60. The van der Waals surface area contributed by atoms with Crippen molar-refractivity contribution in [1.29, 1.82) is 0 Å². The number of aliphatic hydroxyl groups is 1. The van der Waals surface area contributed by atoms with Gasteiger partial charge in [0.15, 0.2) is 11.4 Å². The maximum absolute atomic E-state index is 13.0. The lowest BCUT2D eigenvalue weighted by Crippen LogP contribution is -2.36. The van der Waals surface area contributed by atoms with Crippen LogP contribution >= 0.6 is 23.2 Å². The quantitative estimate of drug-likeness (QED) is 0.470. The van der Waals surface area contributed by atoms with Crippen LogP contribution in [0.4, 0.5) is 11.5 Å². The van der Waals surface area contributed by atoms with E-state index in [1.807, 2.05) is 0 Å². The Labute approximate surface area is 159 Å². The molecule has 136 valence electrons. The van der Waals surface area contributed by atoms with Gasteiger partial charge in [0, 0.05) is 5.02 Å². The first kappa shape index (κ1) is 18.6. The number of oxime groups is 1. The molecular weight excluding hydrogens is 379 g/mol. The van der Waals surface area contributed by atoms with E-state index in [4.69, 9.17) is 23.2 Å². The highest BCUT2D eigenvalue weighted by Crippen LogP contribution is 2.46. The van der Waals surface area contributed by atoms with Gasteiger partial charge in [0.2, 0.25) is 0 Å². The van der Waals surface area contributed by atoms with Gasteiger partial charge in [0.05, 0.1) is 16.3 Å². The summed E-state index contributed by atoms with van der Waals surface area (Å²) < 4.78 is 0. The summed E-state index contributed by atoms with van der Waals surface area (Å²) in [5.41, 5.74) is -0.934. The van der Waals surface area contributed by atoms with Crippen LogP contribution in [0.2, 0.25) is 10.0 Å². The Morgan fingerprint density at radius 1 is 1.35 bits per heavy atom. The summed E-state index contributed by atoms with van der Waals surface area (Å²) >= 11 is 12.2. The number of amides is 1.